The van der Waals surface area contributed by atoms with Crippen molar-refractivity contribution in [1.29, 1.82) is 0 Å². The number of hydrogen-bond donors (Lipinski definition) is 16. The minimum Gasteiger partial charge on any atom is -0.394 e. The van der Waals surface area contributed by atoms with E-state index >= 15 is 0 Å². The van der Waals surface area contributed by atoms with E-state index in [9.17, 15) is 81.1 Å². The first-order valence-electron chi connectivity index (χ1n) is 19.5. The number of aliphatic hydroxyl groups excluding tert-OH is 14. The Morgan fingerprint density at radius 3 is 1.48 bits per heavy atom. The van der Waals surface area contributed by atoms with E-state index in [2.05, 4.69) is 10.6 Å². The minimum atomic E-state index is -2.10. The summed E-state index contributed by atoms with van der Waals surface area (Å²) in [5.41, 5.74) is 0. The van der Waals surface area contributed by atoms with E-state index in [0.29, 0.717) is 0 Å². The predicted octanol–water partition coefficient (Wildman–Crippen LogP) is -10.6. The largest absolute Gasteiger partial charge is 0.394 e. The van der Waals surface area contributed by atoms with Crippen molar-refractivity contribution in [3.05, 3.63) is 0 Å². The third-order valence-electron chi connectivity index (χ3n) is 11.1. The lowest BCUT2D eigenvalue weighted by Gasteiger charge is -2.50. The molecule has 0 radical (unpaired) electrons. The second-order valence-electron chi connectivity index (χ2n) is 15.4. The SMILES string of the molecule is CC(=O)N[C@H]1[C@H](O[C@H]2[C@@H](O)[C@@H](CO)O[C@@H](O[C@H]3[C@@H](O)[C@@H](CO)OC(O)[C@@H]3NC(C)=O)[C@@H]2O)O[C@H](CO)[C@@H](O[C@@H]2O[C@H](CO)[C@H](O)[C@H](O)[C@H]2O[C@@H]2O[C@@H](C)[C@@H](O)[C@@H](O)[C@@H]2O)[C@@H]1O. The molecule has 0 bridgehead atoms. The lowest BCUT2D eigenvalue weighted by molar-refractivity contribution is -0.390. The topological polar surface area (TPSA) is 424 Å². The molecule has 2 amide bonds. The molecular formula is C34H58N2O25. The molecule has 5 rings (SSSR count). The number of aliphatic hydroxyl groups is 14. The molecule has 27 heteroatoms. The molecule has 1 unspecified atom stereocenters. The maximum atomic E-state index is 12.5. The van der Waals surface area contributed by atoms with Gasteiger partial charge in [0.1, 0.15) is 116 Å². The highest BCUT2D eigenvalue weighted by molar-refractivity contribution is 5.73. The first-order valence-corrected chi connectivity index (χ1v) is 19.5. The maximum absolute atomic E-state index is 12.5. The molecule has 25 atom stereocenters. The van der Waals surface area contributed by atoms with E-state index < -0.39 is 192 Å². The van der Waals surface area contributed by atoms with E-state index in [1.54, 1.807) is 0 Å². The Bertz CT molecular complexity index is 1420. The molecular weight excluding hydrogens is 836 g/mol. The maximum Gasteiger partial charge on any atom is 0.217 e. The quantitative estimate of drug-likeness (QED) is 0.0770. The molecule has 5 aliphatic heterocycles. The minimum absolute atomic E-state index is 0.712. The van der Waals surface area contributed by atoms with Crippen LogP contribution >= 0.6 is 0 Å². The third kappa shape index (κ3) is 10.8. The molecule has 5 aliphatic rings. The summed E-state index contributed by atoms with van der Waals surface area (Å²) in [6.07, 6.45) is -41.0. The number of carbonyl (C=O) groups excluding carboxylic acids is 2. The number of carbonyl (C=O) groups is 2. The highest BCUT2D eigenvalue weighted by atomic mass is 16.8. The number of hydrogen-bond acceptors (Lipinski definition) is 25. The Kier molecular flexibility index (Phi) is 17.5. The van der Waals surface area contributed by atoms with E-state index in [0.717, 1.165) is 13.8 Å². The molecule has 354 valence electrons. The zero-order chi connectivity index (χ0) is 45.2. The van der Waals surface area contributed by atoms with Crippen LogP contribution in [0.25, 0.3) is 0 Å². The molecule has 5 heterocycles. The summed E-state index contributed by atoms with van der Waals surface area (Å²) in [6.45, 7) is -0.231. The van der Waals surface area contributed by atoms with Gasteiger partial charge >= 0.3 is 0 Å². The first-order chi connectivity index (χ1) is 28.8. The van der Waals surface area contributed by atoms with Crippen molar-refractivity contribution in [3.8, 4) is 0 Å². The molecule has 16 N–H and O–H groups in total. The van der Waals surface area contributed by atoms with Gasteiger partial charge in [0, 0.05) is 13.8 Å². The molecule has 61 heavy (non-hydrogen) atoms. The summed E-state index contributed by atoms with van der Waals surface area (Å²) >= 11 is 0. The Labute approximate surface area is 346 Å². The van der Waals surface area contributed by atoms with Crippen LogP contribution in [0.2, 0.25) is 0 Å². The van der Waals surface area contributed by atoms with Crippen LogP contribution in [0.15, 0.2) is 0 Å². The molecule has 0 spiro atoms. The second-order valence-corrected chi connectivity index (χ2v) is 15.4. The standard InChI is InChI=1S/C34H58N2O25/c1-8-17(43)22(48)24(50)32(53-8)61-29-23(49)18(44)11(4-37)56-34(29)58-26-14(7-40)57-31(15(21(26)47)35-9(2)41)60-28-20(46)13(6-39)55-33(25(28)51)59-27-16(36-10(3)42)30(52)54-12(5-38)19(27)45/h8,11-34,37-40,43-52H,4-7H2,1-3H3,(H,35,41)(H,36,42)/t8-,11+,12+,13+,14+,15+,16+,17+,18-,19-,20-,21+,22+,23-,24-,25+,26+,27+,28-,29+,30?,31-,32-,33-,34-/m0/s1. The van der Waals surface area contributed by atoms with Crippen LogP contribution in [-0.4, -0.2) is 263 Å². The van der Waals surface area contributed by atoms with Crippen LogP contribution in [0.5, 0.6) is 0 Å². The van der Waals surface area contributed by atoms with Gasteiger partial charge in [-0.3, -0.25) is 9.59 Å². The van der Waals surface area contributed by atoms with Gasteiger partial charge in [-0.05, 0) is 6.92 Å². The van der Waals surface area contributed by atoms with Crippen molar-refractivity contribution in [2.45, 2.75) is 174 Å². The fourth-order valence-electron chi connectivity index (χ4n) is 7.76. The number of ether oxygens (including phenoxy) is 9. The summed E-state index contributed by atoms with van der Waals surface area (Å²) in [4.78, 5) is 24.4. The van der Waals surface area contributed by atoms with E-state index in [4.69, 9.17) is 42.6 Å². The van der Waals surface area contributed by atoms with Gasteiger partial charge in [0.2, 0.25) is 11.8 Å². The van der Waals surface area contributed by atoms with Crippen LogP contribution in [0.1, 0.15) is 20.8 Å². The van der Waals surface area contributed by atoms with E-state index in [1.807, 2.05) is 0 Å². The molecule has 5 saturated heterocycles. The third-order valence-corrected chi connectivity index (χ3v) is 11.1. The molecule has 0 aliphatic carbocycles. The van der Waals surface area contributed by atoms with Gasteiger partial charge in [0.25, 0.3) is 0 Å². The van der Waals surface area contributed by atoms with Gasteiger partial charge < -0.3 is 125 Å². The molecule has 0 saturated carbocycles. The number of nitrogens with one attached hydrogen (secondary N) is 2. The fourth-order valence-corrected chi connectivity index (χ4v) is 7.76. The fraction of sp³-hybridized carbons (Fsp3) is 0.941. The average molecular weight is 895 g/mol. The van der Waals surface area contributed by atoms with Gasteiger partial charge in [0.05, 0.1) is 32.5 Å². The van der Waals surface area contributed by atoms with Crippen LogP contribution in [0.4, 0.5) is 0 Å². The van der Waals surface area contributed by atoms with Gasteiger partial charge in [-0.15, -0.1) is 0 Å². The van der Waals surface area contributed by atoms with Gasteiger partial charge in [0.15, 0.2) is 31.5 Å². The smallest absolute Gasteiger partial charge is 0.217 e. The van der Waals surface area contributed by atoms with Crippen LogP contribution < -0.4 is 10.6 Å². The normalized spacial score (nSPS) is 49.6. The van der Waals surface area contributed by atoms with E-state index in [1.165, 1.54) is 6.92 Å². The van der Waals surface area contributed by atoms with Crippen molar-refractivity contribution < 1.29 is 124 Å². The van der Waals surface area contributed by atoms with Crippen molar-refractivity contribution in [2.75, 3.05) is 26.4 Å². The Morgan fingerprint density at radius 2 is 0.885 bits per heavy atom. The van der Waals surface area contributed by atoms with Crippen molar-refractivity contribution in [2.24, 2.45) is 0 Å². The average Bonchev–Trinajstić information content (AvgIpc) is 3.22. The Balaban J connectivity index is 1.40. The van der Waals surface area contributed by atoms with Crippen LogP contribution in [0, 0.1) is 0 Å². The van der Waals surface area contributed by atoms with Crippen molar-refractivity contribution >= 4 is 11.8 Å². The summed E-state index contributed by atoms with van der Waals surface area (Å²) in [5.74, 6) is -1.53. The van der Waals surface area contributed by atoms with E-state index in [-0.39, 0.29) is 0 Å². The summed E-state index contributed by atoms with van der Waals surface area (Å²) in [7, 11) is 0. The monoisotopic (exact) mass is 894 g/mol. The van der Waals surface area contributed by atoms with Gasteiger partial charge in [-0.25, -0.2) is 0 Å². The lowest BCUT2D eigenvalue weighted by atomic mass is 9.94. The second kappa shape index (κ2) is 21.3. The molecule has 0 aromatic heterocycles. The summed E-state index contributed by atoms with van der Waals surface area (Å²) in [5, 5.41) is 154. The highest BCUT2D eigenvalue weighted by Crippen LogP contribution is 2.36. The van der Waals surface area contributed by atoms with Crippen molar-refractivity contribution in [1.82, 2.24) is 10.6 Å². The van der Waals surface area contributed by atoms with Crippen LogP contribution in [-0.2, 0) is 52.2 Å². The summed E-state index contributed by atoms with van der Waals surface area (Å²) < 4.78 is 51.1. The van der Waals surface area contributed by atoms with Crippen molar-refractivity contribution in [3.63, 3.8) is 0 Å². The predicted molar refractivity (Wildman–Crippen MR) is 188 cm³/mol. The zero-order valence-electron chi connectivity index (χ0n) is 33.0. The molecule has 5 fully saturated rings. The Hall–Kier alpha value is -1.98. The highest BCUT2D eigenvalue weighted by Gasteiger charge is 2.57. The van der Waals surface area contributed by atoms with Gasteiger partial charge in [-0.2, -0.15) is 0 Å². The first kappa shape index (κ1) is 50.0. The zero-order valence-corrected chi connectivity index (χ0v) is 33.0. The molecule has 0 aromatic carbocycles. The van der Waals surface area contributed by atoms with Gasteiger partial charge in [-0.1, -0.05) is 0 Å². The number of rotatable bonds is 14. The van der Waals surface area contributed by atoms with Crippen LogP contribution in [0.3, 0.4) is 0 Å². The molecule has 27 nitrogen and oxygen atoms in total. The lowest BCUT2D eigenvalue weighted by Crippen LogP contribution is -2.70. The Morgan fingerprint density at radius 1 is 0.426 bits per heavy atom. The number of amides is 2. The summed E-state index contributed by atoms with van der Waals surface area (Å²) in [6, 6.07) is -3.25. The molecule has 0 aromatic rings.